The Morgan fingerprint density at radius 2 is 0.600 bits per heavy atom. The molecule has 0 aliphatic carbocycles. The molecule has 0 aliphatic heterocycles. The van der Waals surface area contributed by atoms with Crippen molar-refractivity contribution in [1.29, 1.82) is 0 Å². The first-order chi connectivity index (χ1) is 43.4. The van der Waals surface area contributed by atoms with Gasteiger partial charge in [-0.1, -0.05) is 284 Å². The number of phosphoric ester groups is 2. The lowest BCUT2D eigenvalue weighted by Crippen LogP contribution is -2.30. The van der Waals surface area contributed by atoms with E-state index in [1.807, 2.05) is 0 Å². The molecule has 0 aliphatic rings. The van der Waals surface area contributed by atoms with Gasteiger partial charge in [-0.05, 0) is 63.2 Å². The molecule has 0 radical (unpaired) electrons. The molecule has 19 heteroatoms. The molecule has 0 bridgehead atoms. The Kier molecular flexibility index (Phi) is 60.9. The summed E-state index contributed by atoms with van der Waals surface area (Å²) in [5.41, 5.74) is 0. The molecule has 3 N–H and O–H groups in total. The molecule has 5 atom stereocenters. The summed E-state index contributed by atoms with van der Waals surface area (Å²) in [5, 5.41) is 10.6. The van der Waals surface area contributed by atoms with Gasteiger partial charge in [-0.3, -0.25) is 37.3 Å². The lowest BCUT2D eigenvalue weighted by molar-refractivity contribution is -0.161. The molecule has 530 valence electrons. The van der Waals surface area contributed by atoms with Crippen molar-refractivity contribution < 1.29 is 80.2 Å². The van der Waals surface area contributed by atoms with Crippen molar-refractivity contribution in [1.82, 2.24) is 0 Å². The van der Waals surface area contributed by atoms with E-state index < -0.39 is 97.5 Å². The lowest BCUT2D eigenvalue weighted by atomic mass is 10.0. The second kappa shape index (κ2) is 62.6. The van der Waals surface area contributed by atoms with Gasteiger partial charge in [0.05, 0.1) is 26.4 Å². The van der Waals surface area contributed by atoms with Crippen LogP contribution in [0.5, 0.6) is 0 Å². The number of hydrogen-bond donors (Lipinski definition) is 3. The van der Waals surface area contributed by atoms with Crippen LogP contribution in [0, 0.1) is 11.8 Å². The Labute approximate surface area is 548 Å². The number of hydrogen-bond acceptors (Lipinski definition) is 15. The fourth-order valence-corrected chi connectivity index (χ4v) is 11.8. The van der Waals surface area contributed by atoms with Gasteiger partial charge in [-0.15, -0.1) is 0 Å². The Morgan fingerprint density at radius 3 is 0.911 bits per heavy atom. The number of allylic oxidation sites excluding steroid dienone is 4. The first-order valence-electron chi connectivity index (χ1n) is 36.3. The summed E-state index contributed by atoms with van der Waals surface area (Å²) < 4.78 is 68.2. The second-order valence-electron chi connectivity index (χ2n) is 25.9. The fraction of sp³-hybridized carbons (Fsp3) is 0.887. The minimum atomic E-state index is -4.96. The minimum absolute atomic E-state index is 0.0847. The Hall–Kier alpha value is -2.46. The zero-order valence-corrected chi connectivity index (χ0v) is 59.7. The van der Waals surface area contributed by atoms with Crippen LogP contribution in [0.1, 0.15) is 337 Å². The standard InChI is InChI=1S/C71H134O17P2/c1-7-9-11-13-15-17-19-21-22-23-27-32-36-44-50-56-71(76)87-66(59-81-68(73)53-47-41-34-30-28-24-25-29-33-39-45-51-63(3)4)61-85-89(77,78)83-57-65(72)58-84-90(79,80)86-62-67(60-82-69(74)54-48-42-38-37-40-46-52-64(5)6)88-70(75)55-49-43-35-31-26-20-18-16-14-12-10-8-2/h17,19,21-22,63-67,72H,7-16,18,20,23-62H2,1-6H3,(H,77,78)(H,79,80)/b19-17-,22-21-/t65-,66-,67-/m1/s1. The van der Waals surface area contributed by atoms with Crippen LogP contribution in [-0.4, -0.2) is 96.7 Å². The zero-order valence-electron chi connectivity index (χ0n) is 57.9. The first kappa shape index (κ1) is 87.5. The van der Waals surface area contributed by atoms with Gasteiger partial charge in [0.1, 0.15) is 19.3 Å². The van der Waals surface area contributed by atoms with Crippen molar-refractivity contribution in [3.63, 3.8) is 0 Å². The largest absolute Gasteiger partial charge is 0.472 e. The number of aliphatic hydroxyl groups is 1. The van der Waals surface area contributed by atoms with Gasteiger partial charge in [0.2, 0.25) is 0 Å². The van der Waals surface area contributed by atoms with Crippen LogP contribution >= 0.6 is 15.6 Å². The molecule has 90 heavy (non-hydrogen) atoms. The van der Waals surface area contributed by atoms with Gasteiger partial charge in [0.25, 0.3) is 0 Å². The summed E-state index contributed by atoms with van der Waals surface area (Å²) in [5.74, 6) is -0.708. The van der Waals surface area contributed by atoms with Gasteiger partial charge in [-0.2, -0.15) is 0 Å². The van der Waals surface area contributed by atoms with Crippen molar-refractivity contribution in [2.45, 2.75) is 355 Å². The SMILES string of the molecule is CCCCCC/C=C\C=C/CCCCCCCC(=O)O[C@H](COC(=O)CCCCCCCCCCCCCC(C)C)COP(=O)(O)OC[C@@H](O)COP(=O)(O)OC[C@@H](COC(=O)CCCCCCCCC(C)C)OC(=O)CCCCCCCCCCCCCC. The predicted molar refractivity (Wildman–Crippen MR) is 363 cm³/mol. The highest BCUT2D eigenvalue weighted by Crippen LogP contribution is 2.45. The van der Waals surface area contributed by atoms with Gasteiger partial charge in [0.15, 0.2) is 12.2 Å². The maximum atomic E-state index is 13.0. The topological polar surface area (TPSA) is 237 Å². The molecule has 0 amide bonds. The summed E-state index contributed by atoms with van der Waals surface area (Å²) in [6, 6.07) is 0. The fourth-order valence-electron chi connectivity index (χ4n) is 10.2. The molecule has 0 rings (SSSR count). The molecular weight excluding hydrogens is 1190 g/mol. The van der Waals surface area contributed by atoms with E-state index in [0.29, 0.717) is 31.6 Å². The summed E-state index contributed by atoms with van der Waals surface area (Å²) in [7, 11) is -9.91. The molecule has 2 unspecified atom stereocenters. The van der Waals surface area contributed by atoms with Crippen molar-refractivity contribution >= 4 is 39.5 Å². The van der Waals surface area contributed by atoms with Crippen LogP contribution in [0.2, 0.25) is 0 Å². The molecule has 0 aromatic heterocycles. The van der Waals surface area contributed by atoms with Crippen molar-refractivity contribution in [2.24, 2.45) is 11.8 Å². The maximum absolute atomic E-state index is 13.0. The molecule has 0 aromatic rings. The second-order valence-corrected chi connectivity index (χ2v) is 28.8. The van der Waals surface area contributed by atoms with E-state index in [0.717, 1.165) is 115 Å². The molecule has 17 nitrogen and oxygen atoms in total. The summed E-state index contributed by atoms with van der Waals surface area (Å²) >= 11 is 0. The number of rotatable bonds is 68. The molecule has 0 fully saturated rings. The van der Waals surface area contributed by atoms with Crippen LogP contribution in [0.25, 0.3) is 0 Å². The third-order valence-corrected chi connectivity index (χ3v) is 17.7. The molecule has 0 heterocycles. The number of carbonyl (C=O) groups excluding carboxylic acids is 4. The Balaban J connectivity index is 5.28. The average molecular weight is 1320 g/mol. The molecule has 0 saturated carbocycles. The van der Waals surface area contributed by atoms with Gasteiger partial charge in [0, 0.05) is 25.7 Å². The Morgan fingerprint density at radius 1 is 0.344 bits per heavy atom. The highest BCUT2D eigenvalue weighted by molar-refractivity contribution is 7.47. The van der Waals surface area contributed by atoms with E-state index >= 15 is 0 Å². The lowest BCUT2D eigenvalue weighted by Gasteiger charge is -2.21. The summed E-state index contributed by atoms with van der Waals surface area (Å²) in [6.45, 7) is 9.40. The normalized spacial score (nSPS) is 14.3. The van der Waals surface area contributed by atoms with E-state index in [1.54, 1.807) is 0 Å². The number of unbranched alkanes of at least 4 members (excludes halogenated alkanes) is 35. The van der Waals surface area contributed by atoms with Gasteiger partial charge >= 0.3 is 39.5 Å². The third kappa shape index (κ3) is 64.3. The van der Waals surface area contributed by atoms with Crippen molar-refractivity contribution in [2.75, 3.05) is 39.6 Å². The van der Waals surface area contributed by atoms with E-state index in [1.165, 1.54) is 135 Å². The number of carbonyl (C=O) groups is 4. The van der Waals surface area contributed by atoms with Gasteiger partial charge < -0.3 is 33.8 Å². The number of phosphoric acid groups is 2. The summed E-state index contributed by atoms with van der Waals surface area (Å²) in [4.78, 5) is 72.5. The van der Waals surface area contributed by atoms with E-state index in [-0.39, 0.29) is 25.7 Å². The number of esters is 4. The number of aliphatic hydroxyl groups excluding tert-OH is 1. The van der Waals surface area contributed by atoms with Gasteiger partial charge in [-0.25, -0.2) is 9.13 Å². The maximum Gasteiger partial charge on any atom is 0.472 e. The third-order valence-electron chi connectivity index (χ3n) is 15.8. The molecule has 0 aromatic carbocycles. The minimum Gasteiger partial charge on any atom is -0.462 e. The van der Waals surface area contributed by atoms with Crippen LogP contribution < -0.4 is 0 Å². The van der Waals surface area contributed by atoms with E-state index in [9.17, 15) is 43.2 Å². The number of ether oxygens (including phenoxy) is 4. The Bertz CT molecular complexity index is 1850. The highest BCUT2D eigenvalue weighted by Gasteiger charge is 2.30. The monoisotopic (exact) mass is 1320 g/mol. The first-order valence-corrected chi connectivity index (χ1v) is 39.3. The van der Waals surface area contributed by atoms with Crippen LogP contribution in [0.4, 0.5) is 0 Å². The average Bonchev–Trinajstić information content (AvgIpc) is 2.85. The van der Waals surface area contributed by atoms with Crippen molar-refractivity contribution in [3.8, 4) is 0 Å². The van der Waals surface area contributed by atoms with Crippen LogP contribution in [-0.2, 0) is 65.4 Å². The molecule has 0 spiro atoms. The van der Waals surface area contributed by atoms with Crippen LogP contribution in [0.3, 0.4) is 0 Å². The quantitative estimate of drug-likeness (QED) is 0.0169. The zero-order chi connectivity index (χ0) is 66.5. The molecular formula is C71H134O17P2. The van der Waals surface area contributed by atoms with Crippen molar-refractivity contribution in [3.05, 3.63) is 24.3 Å². The van der Waals surface area contributed by atoms with E-state index in [4.69, 9.17) is 37.0 Å². The predicted octanol–water partition coefficient (Wildman–Crippen LogP) is 19.9. The highest BCUT2D eigenvalue weighted by atomic mass is 31.2. The van der Waals surface area contributed by atoms with Crippen LogP contribution in [0.15, 0.2) is 24.3 Å². The van der Waals surface area contributed by atoms with E-state index in [2.05, 4.69) is 65.8 Å². The molecule has 0 saturated heterocycles. The summed E-state index contributed by atoms with van der Waals surface area (Å²) in [6.07, 6.45) is 50.8. The smallest absolute Gasteiger partial charge is 0.462 e.